The van der Waals surface area contributed by atoms with Gasteiger partial charge in [-0.2, -0.15) is 5.10 Å². The number of rotatable bonds is 5. The average Bonchev–Trinajstić information content (AvgIpc) is 3.27. The maximum Gasteiger partial charge on any atom is 0.322 e. The number of aryl methyl sites for hydroxylation is 1. The molecule has 1 aliphatic heterocycles. The van der Waals surface area contributed by atoms with Crippen LogP contribution in [0.15, 0.2) is 29.0 Å². The molecule has 0 bridgehead atoms. The van der Waals surface area contributed by atoms with Crippen LogP contribution in [-0.4, -0.2) is 38.4 Å². The summed E-state index contributed by atoms with van der Waals surface area (Å²) in [5.74, 6) is 0.772. The molecule has 2 aromatic heterocycles. The number of carbonyl (C=O) groups is 1. The second-order valence-electron chi connectivity index (χ2n) is 6.94. The van der Waals surface area contributed by atoms with Gasteiger partial charge in [-0.3, -0.25) is 4.68 Å². The molecule has 0 saturated carbocycles. The van der Waals surface area contributed by atoms with Crippen molar-refractivity contribution in [2.24, 2.45) is 7.05 Å². The number of urea groups is 1. The Hall–Kier alpha value is -2.28. The molecule has 2 atom stereocenters. The third-order valence-electron chi connectivity index (χ3n) is 4.65. The van der Waals surface area contributed by atoms with Crippen molar-refractivity contribution in [3.63, 3.8) is 0 Å². The van der Waals surface area contributed by atoms with Crippen LogP contribution in [0.1, 0.15) is 56.6 Å². The summed E-state index contributed by atoms with van der Waals surface area (Å²) >= 11 is 0. The SMILES string of the molecule is CC(C)c1nn(C)cc1NC(=O)N1CCC[C@H]1C[C@@H](O)c1ccco1. The minimum absolute atomic E-state index is 0.000675. The van der Waals surface area contributed by atoms with Crippen LogP contribution < -0.4 is 5.32 Å². The first-order chi connectivity index (χ1) is 12.0. The van der Waals surface area contributed by atoms with E-state index >= 15 is 0 Å². The van der Waals surface area contributed by atoms with Crippen LogP contribution in [0.4, 0.5) is 10.5 Å². The summed E-state index contributed by atoms with van der Waals surface area (Å²) in [4.78, 5) is 14.6. The number of furan rings is 1. The van der Waals surface area contributed by atoms with Crippen LogP contribution in [0.2, 0.25) is 0 Å². The lowest BCUT2D eigenvalue weighted by molar-refractivity contribution is 0.110. The minimum atomic E-state index is -0.696. The number of hydrogen-bond acceptors (Lipinski definition) is 4. The summed E-state index contributed by atoms with van der Waals surface area (Å²) in [5, 5.41) is 17.7. The Balaban J connectivity index is 1.67. The molecular weight excluding hydrogens is 320 g/mol. The number of aromatic nitrogens is 2. The van der Waals surface area contributed by atoms with Crippen molar-refractivity contribution >= 4 is 11.7 Å². The van der Waals surface area contributed by atoms with Gasteiger partial charge in [0.05, 0.1) is 17.6 Å². The molecule has 0 spiro atoms. The van der Waals surface area contributed by atoms with Crippen LogP contribution >= 0.6 is 0 Å². The highest BCUT2D eigenvalue weighted by molar-refractivity contribution is 5.90. The molecule has 1 fully saturated rings. The van der Waals surface area contributed by atoms with Gasteiger partial charge in [-0.05, 0) is 30.9 Å². The summed E-state index contributed by atoms with van der Waals surface area (Å²) in [5.41, 5.74) is 1.63. The molecule has 0 radical (unpaired) electrons. The van der Waals surface area contributed by atoms with Gasteiger partial charge < -0.3 is 19.7 Å². The normalized spacial score (nSPS) is 18.8. The fraction of sp³-hybridized carbons (Fsp3) is 0.556. The predicted molar refractivity (Wildman–Crippen MR) is 94.3 cm³/mol. The molecule has 0 unspecified atom stereocenters. The summed E-state index contributed by atoms with van der Waals surface area (Å²) in [6, 6.07) is 3.38. The van der Waals surface area contributed by atoms with Gasteiger partial charge in [0.1, 0.15) is 11.9 Å². The molecule has 2 N–H and O–H groups in total. The predicted octanol–water partition coefficient (Wildman–Crippen LogP) is 3.26. The van der Waals surface area contributed by atoms with Crippen molar-refractivity contribution in [1.82, 2.24) is 14.7 Å². The van der Waals surface area contributed by atoms with E-state index in [2.05, 4.69) is 24.3 Å². The van der Waals surface area contributed by atoms with Gasteiger partial charge in [-0.25, -0.2) is 4.79 Å². The monoisotopic (exact) mass is 346 g/mol. The summed E-state index contributed by atoms with van der Waals surface area (Å²) in [7, 11) is 1.85. The summed E-state index contributed by atoms with van der Waals surface area (Å²) in [6.45, 7) is 4.80. The topological polar surface area (TPSA) is 83.5 Å². The van der Waals surface area contributed by atoms with Crippen LogP contribution in [0.3, 0.4) is 0 Å². The standard InChI is InChI=1S/C18H26N4O3/c1-12(2)17-14(11-21(3)20-17)19-18(24)22-8-4-6-13(22)10-15(23)16-7-5-9-25-16/h5,7,9,11-13,15,23H,4,6,8,10H2,1-3H3,(H,19,24)/t13-,15+/m0/s1. The second kappa shape index (κ2) is 7.31. The number of aliphatic hydroxyl groups excluding tert-OH is 1. The molecule has 7 nitrogen and oxygen atoms in total. The lowest BCUT2D eigenvalue weighted by atomic mass is 10.1. The summed E-state index contributed by atoms with van der Waals surface area (Å²) < 4.78 is 6.98. The maximum absolute atomic E-state index is 12.7. The zero-order valence-electron chi connectivity index (χ0n) is 15.0. The highest BCUT2D eigenvalue weighted by atomic mass is 16.4. The lowest BCUT2D eigenvalue weighted by Crippen LogP contribution is -2.39. The molecule has 2 amide bonds. The van der Waals surface area contributed by atoms with Crippen molar-refractivity contribution in [3.05, 3.63) is 36.0 Å². The van der Waals surface area contributed by atoms with E-state index in [-0.39, 0.29) is 18.0 Å². The highest BCUT2D eigenvalue weighted by Crippen LogP contribution is 2.29. The second-order valence-corrected chi connectivity index (χ2v) is 6.94. The third-order valence-corrected chi connectivity index (χ3v) is 4.65. The molecule has 1 aliphatic rings. The zero-order valence-corrected chi connectivity index (χ0v) is 15.0. The first-order valence-corrected chi connectivity index (χ1v) is 8.78. The van der Waals surface area contributed by atoms with E-state index in [4.69, 9.17) is 4.42 Å². The first-order valence-electron chi connectivity index (χ1n) is 8.78. The number of hydrogen-bond donors (Lipinski definition) is 2. The van der Waals surface area contributed by atoms with E-state index in [0.717, 1.165) is 24.2 Å². The number of nitrogens with zero attached hydrogens (tertiary/aromatic N) is 3. The third kappa shape index (κ3) is 3.87. The number of carbonyl (C=O) groups excluding carboxylic acids is 1. The van der Waals surface area contributed by atoms with Crippen LogP contribution in [0.25, 0.3) is 0 Å². The molecule has 3 heterocycles. The van der Waals surface area contributed by atoms with Crippen molar-refractivity contribution < 1.29 is 14.3 Å². The van der Waals surface area contributed by atoms with Crippen molar-refractivity contribution in [1.29, 1.82) is 0 Å². The van der Waals surface area contributed by atoms with E-state index in [1.165, 1.54) is 0 Å². The van der Waals surface area contributed by atoms with E-state index in [0.29, 0.717) is 18.7 Å². The minimum Gasteiger partial charge on any atom is -0.467 e. The molecular formula is C18H26N4O3. The van der Waals surface area contributed by atoms with E-state index in [9.17, 15) is 9.90 Å². The van der Waals surface area contributed by atoms with Crippen molar-refractivity contribution in [2.75, 3.05) is 11.9 Å². The fourth-order valence-electron chi connectivity index (χ4n) is 3.42. The van der Waals surface area contributed by atoms with Crippen LogP contribution in [0.5, 0.6) is 0 Å². The number of likely N-dealkylation sites (tertiary alicyclic amines) is 1. The molecule has 0 aliphatic carbocycles. The molecule has 2 aromatic rings. The van der Waals surface area contributed by atoms with Gasteiger partial charge in [0.15, 0.2) is 0 Å². The number of anilines is 1. The molecule has 0 aromatic carbocycles. The van der Waals surface area contributed by atoms with Gasteiger partial charge in [0, 0.05) is 32.3 Å². The Kier molecular flexibility index (Phi) is 5.13. The van der Waals surface area contributed by atoms with E-state index in [1.54, 1.807) is 23.1 Å². The summed E-state index contributed by atoms with van der Waals surface area (Å²) in [6.07, 6.45) is 4.98. The van der Waals surface area contributed by atoms with E-state index in [1.807, 2.05) is 18.1 Å². The van der Waals surface area contributed by atoms with Crippen LogP contribution in [-0.2, 0) is 7.05 Å². The average molecular weight is 346 g/mol. The molecule has 136 valence electrons. The molecule has 1 saturated heterocycles. The van der Waals surface area contributed by atoms with Gasteiger partial charge >= 0.3 is 6.03 Å². The van der Waals surface area contributed by atoms with Crippen molar-refractivity contribution in [3.8, 4) is 0 Å². The lowest BCUT2D eigenvalue weighted by Gasteiger charge is -2.26. The number of amides is 2. The van der Waals surface area contributed by atoms with Gasteiger partial charge in [-0.15, -0.1) is 0 Å². The Morgan fingerprint density at radius 1 is 1.52 bits per heavy atom. The Bertz CT molecular complexity index is 708. The highest BCUT2D eigenvalue weighted by Gasteiger charge is 2.32. The Morgan fingerprint density at radius 2 is 2.32 bits per heavy atom. The maximum atomic E-state index is 12.7. The number of nitrogens with one attached hydrogen (secondary N) is 1. The fourth-order valence-corrected chi connectivity index (χ4v) is 3.42. The Labute approximate surface area is 147 Å². The van der Waals surface area contributed by atoms with E-state index < -0.39 is 6.10 Å². The smallest absolute Gasteiger partial charge is 0.322 e. The van der Waals surface area contributed by atoms with Crippen LogP contribution in [0, 0.1) is 0 Å². The zero-order chi connectivity index (χ0) is 18.0. The first kappa shape index (κ1) is 17.5. The number of aliphatic hydroxyl groups is 1. The molecule has 25 heavy (non-hydrogen) atoms. The Morgan fingerprint density at radius 3 is 3.00 bits per heavy atom. The van der Waals surface area contributed by atoms with Gasteiger partial charge in [0.2, 0.25) is 0 Å². The molecule has 3 rings (SSSR count). The molecule has 7 heteroatoms. The van der Waals surface area contributed by atoms with Gasteiger partial charge in [-0.1, -0.05) is 13.8 Å². The van der Waals surface area contributed by atoms with Crippen molar-refractivity contribution in [2.45, 2.75) is 51.2 Å². The quantitative estimate of drug-likeness (QED) is 0.870. The van der Waals surface area contributed by atoms with Gasteiger partial charge in [0.25, 0.3) is 0 Å². The largest absolute Gasteiger partial charge is 0.467 e.